The molecule has 0 N–H and O–H groups in total. The average Bonchev–Trinajstić information content (AvgIpc) is 2.05. The standard InChI is InChI=1S/C8H7NO/c1-2-4-8-7(3-1)5-10-6-9-8/h1-2,4-6H,3H2. The van der Waals surface area contributed by atoms with Crippen LogP contribution >= 0.6 is 0 Å². The summed E-state index contributed by atoms with van der Waals surface area (Å²) in [5, 5.41) is 0. The molecule has 0 bridgehead atoms. The molecule has 0 saturated carbocycles. The van der Waals surface area contributed by atoms with Gasteiger partial charge in [-0.05, 0) is 12.5 Å². The summed E-state index contributed by atoms with van der Waals surface area (Å²) in [4.78, 5) is 4.05. The molecule has 1 aliphatic heterocycles. The third-order valence-electron chi connectivity index (χ3n) is 1.52. The van der Waals surface area contributed by atoms with E-state index in [4.69, 9.17) is 4.74 Å². The van der Waals surface area contributed by atoms with Crippen LogP contribution in [0.1, 0.15) is 6.42 Å². The molecule has 0 radical (unpaired) electrons. The van der Waals surface area contributed by atoms with E-state index in [-0.39, 0.29) is 0 Å². The molecule has 50 valence electrons. The molecule has 1 aliphatic carbocycles. The van der Waals surface area contributed by atoms with E-state index < -0.39 is 0 Å². The van der Waals surface area contributed by atoms with E-state index in [1.807, 2.05) is 12.2 Å². The highest BCUT2D eigenvalue weighted by Crippen LogP contribution is 2.22. The fourth-order valence-electron chi connectivity index (χ4n) is 1.00. The first kappa shape index (κ1) is 5.47. The highest BCUT2D eigenvalue weighted by Gasteiger charge is 2.07. The van der Waals surface area contributed by atoms with Crippen molar-refractivity contribution in [3.63, 3.8) is 0 Å². The molecule has 0 aromatic carbocycles. The van der Waals surface area contributed by atoms with Crippen molar-refractivity contribution < 1.29 is 4.74 Å². The number of hydrogen-bond donors (Lipinski definition) is 0. The molecule has 0 saturated heterocycles. The summed E-state index contributed by atoms with van der Waals surface area (Å²) in [5.74, 6) is 0. The summed E-state index contributed by atoms with van der Waals surface area (Å²) in [6.07, 6.45) is 10.2. The van der Waals surface area contributed by atoms with Crippen molar-refractivity contribution in [2.75, 3.05) is 0 Å². The average molecular weight is 133 g/mol. The molecule has 2 aliphatic rings. The number of nitrogens with zero attached hydrogens (tertiary/aromatic N) is 1. The largest absolute Gasteiger partial charge is 0.453 e. The molecular weight excluding hydrogens is 126 g/mol. The van der Waals surface area contributed by atoms with Crippen molar-refractivity contribution in [3.05, 3.63) is 35.8 Å². The van der Waals surface area contributed by atoms with Crippen LogP contribution in [0.4, 0.5) is 0 Å². The van der Waals surface area contributed by atoms with Crippen molar-refractivity contribution in [1.82, 2.24) is 0 Å². The Bertz CT molecular complexity index is 258. The molecule has 2 heteroatoms. The van der Waals surface area contributed by atoms with Crippen LogP contribution in [-0.4, -0.2) is 6.40 Å². The Morgan fingerprint density at radius 2 is 2.50 bits per heavy atom. The second-order valence-electron chi connectivity index (χ2n) is 2.20. The molecule has 0 aromatic heterocycles. The smallest absolute Gasteiger partial charge is 0.180 e. The van der Waals surface area contributed by atoms with E-state index in [0.717, 1.165) is 17.7 Å². The second kappa shape index (κ2) is 2.14. The highest BCUT2D eigenvalue weighted by molar-refractivity contribution is 5.57. The van der Waals surface area contributed by atoms with Gasteiger partial charge in [-0.2, -0.15) is 0 Å². The normalized spacial score (nSPS) is 20.8. The first-order valence-corrected chi connectivity index (χ1v) is 3.21. The number of fused-ring (bicyclic) bond motifs is 1. The first-order valence-electron chi connectivity index (χ1n) is 3.21. The number of rotatable bonds is 0. The summed E-state index contributed by atoms with van der Waals surface area (Å²) < 4.78 is 4.91. The highest BCUT2D eigenvalue weighted by atomic mass is 16.5. The maximum atomic E-state index is 4.91. The van der Waals surface area contributed by atoms with Gasteiger partial charge in [-0.25, -0.2) is 4.99 Å². The zero-order valence-corrected chi connectivity index (χ0v) is 5.45. The minimum Gasteiger partial charge on any atom is -0.453 e. The van der Waals surface area contributed by atoms with Crippen molar-refractivity contribution in [3.8, 4) is 0 Å². The summed E-state index contributed by atoms with van der Waals surface area (Å²) in [7, 11) is 0. The lowest BCUT2D eigenvalue weighted by Crippen LogP contribution is -1.97. The van der Waals surface area contributed by atoms with E-state index in [1.54, 1.807) is 6.26 Å². The minimum absolute atomic E-state index is 0.934. The third-order valence-corrected chi connectivity index (χ3v) is 1.52. The van der Waals surface area contributed by atoms with E-state index in [9.17, 15) is 0 Å². The van der Waals surface area contributed by atoms with Crippen molar-refractivity contribution in [2.24, 2.45) is 4.99 Å². The molecular formula is C8H7NO. The zero-order valence-electron chi connectivity index (χ0n) is 5.45. The van der Waals surface area contributed by atoms with Gasteiger partial charge in [0, 0.05) is 5.57 Å². The number of allylic oxidation sites excluding steroid dienone is 4. The van der Waals surface area contributed by atoms with Crippen LogP contribution in [0.2, 0.25) is 0 Å². The van der Waals surface area contributed by atoms with Crippen LogP contribution in [0.5, 0.6) is 0 Å². The van der Waals surface area contributed by atoms with Crippen LogP contribution in [0.15, 0.2) is 40.8 Å². The van der Waals surface area contributed by atoms with Crippen molar-refractivity contribution in [2.45, 2.75) is 6.42 Å². The van der Waals surface area contributed by atoms with Crippen LogP contribution in [0.25, 0.3) is 0 Å². The topological polar surface area (TPSA) is 21.6 Å². The maximum Gasteiger partial charge on any atom is 0.180 e. The van der Waals surface area contributed by atoms with Gasteiger partial charge in [0.1, 0.15) is 0 Å². The number of hydrogen-bond acceptors (Lipinski definition) is 2. The Hall–Kier alpha value is -1.31. The Morgan fingerprint density at radius 3 is 3.40 bits per heavy atom. The molecule has 10 heavy (non-hydrogen) atoms. The molecule has 2 nitrogen and oxygen atoms in total. The van der Waals surface area contributed by atoms with Gasteiger partial charge in [-0.15, -0.1) is 0 Å². The van der Waals surface area contributed by atoms with Gasteiger partial charge >= 0.3 is 0 Å². The second-order valence-corrected chi connectivity index (χ2v) is 2.20. The van der Waals surface area contributed by atoms with Gasteiger partial charge in [0.25, 0.3) is 0 Å². The summed E-state index contributed by atoms with van der Waals surface area (Å²) in [5.41, 5.74) is 2.18. The van der Waals surface area contributed by atoms with Crippen molar-refractivity contribution >= 4 is 6.40 Å². The Labute approximate surface area is 59.2 Å². The number of aliphatic imine (C=N–C) groups is 1. The molecule has 0 spiro atoms. The summed E-state index contributed by atoms with van der Waals surface area (Å²) in [6, 6.07) is 0. The van der Waals surface area contributed by atoms with Gasteiger partial charge in [-0.3, -0.25) is 0 Å². The first-order chi connectivity index (χ1) is 4.97. The molecule has 1 heterocycles. The SMILES string of the molecule is C1=CCC2=COC=NC2=C1. The molecule has 0 atom stereocenters. The van der Waals surface area contributed by atoms with E-state index in [1.165, 1.54) is 6.40 Å². The maximum absolute atomic E-state index is 4.91. The van der Waals surface area contributed by atoms with E-state index in [0.29, 0.717) is 0 Å². The molecule has 0 aromatic rings. The van der Waals surface area contributed by atoms with E-state index in [2.05, 4.69) is 11.1 Å². The predicted molar refractivity (Wildman–Crippen MR) is 39.5 cm³/mol. The Morgan fingerprint density at radius 1 is 1.50 bits per heavy atom. The van der Waals surface area contributed by atoms with Gasteiger partial charge in [0.2, 0.25) is 0 Å². The van der Waals surface area contributed by atoms with Gasteiger partial charge in [0.05, 0.1) is 12.0 Å². The predicted octanol–water partition coefficient (Wildman–Crippen LogP) is 1.77. The van der Waals surface area contributed by atoms with Crippen molar-refractivity contribution in [1.29, 1.82) is 0 Å². The van der Waals surface area contributed by atoms with Crippen LogP contribution in [0.3, 0.4) is 0 Å². The quantitative estimate of drug-likeness (QED) is 0.493. The fourth-order valence-corrected chi connectivity index (χ4v) is 1.00. The molecule has 0 amide bonds. The fraction of sp³-hybridized carbons (Fsp3) is 0.125. The van der Waals surface area contributed by atoms with Gasteiger partial charge in [-0.1, -0.05) is 12.2 Å². The minimum atomic E-state index is 0.934. The lowest BCUT2D eigenvalue weighted by Gasteiger charge is -2.11. The van der Waals surface area contributed by atoms with Gasteiger partial charge in [0.15, 0.2) is 6.40 Å². The van der Waals surface area contributed by atoms with Crippen LogP contribution in [-0.2, 0) is 4.74 Å². The molecule has 2 rings (SSSR count). The zero-order chi connectivity index (χ0) is 6.81. The van der Waals surface area contributed by atoms with Gasteiger partial charge < -0.3 is 4.74 Å². The van der Waals surface area contributed by atoms with Crippen LogP contribution < -0.4 is 0 Å². The van der Waals surface area contributed by atoms with Crippen LogP contribution in [0, 0.1) is 0 Å². The lowest BCUT2D eigenvalue weighted by atomic mass is 10.1. The van der Waals surface area contributed by atoms with E-state index >= 15 is 0 Å². The lowest BCUT2D eigenvalue weighted by molar-refractivity contribution is 0.479. The number of ether oxygens (including phenoxy) is 1. The Kier molecular flexibility index (Phi) is 1.17. The Balaban J connectivity index is 2.39. The molecule has 0 fully saturated rings. The molecule has 0 unspecified atom stereocenters. The third kappa shape index (κ3) is 0.778. The summed E-state index contributed by atoms with van der Waals surface area (Å²) in [6.45, 7) is 0. The monoisotopic (exact) mass is 133 g/mol. The summed E-state index contributed by atoms with van der Waals surface area (Å²) >= 11 is 0.